The second-order valence-corrected chi connectivity index (χ2v) is 11.1. The third kappa shape index (κ3) is 6.48. The van der Waals surface area contributed by atoms with Crippen molar-refractivity contribution in [1.82, 2.24) is 9.97 Å². The van der Waals surface area contributed by atoms with Gasteiger partial charge in [-0.1, -0.05) is 46.8 Å². The van der Waals surface area contributed by atoms with E-state index in [-0.39, 0.29) is 28.5 Å². The molecule has 0 amide bonds. The van der Waals surface area contributed by atoms with Gasteiger partial charge < -0.3 is 5.73 Å². The van der Waals surface area contributed by atoms with Crippen LogP contribution in [-0.4, -0.2) is 19.9 Å². The fourth-order valence-corrected chi connectivity index (χ4v) is 4.93. The van der Waals surface area contributed by atoms with Gasteiger partial charge in [-0.3, -0.25) is 9.71 Å². The summed E-state index contributed by atoms with van der Waals surface area (Å²) < 4.78 is 59.6. The Morgan fingerprint density at radius 3 is 2.32 bits per heavy atom. The lowest BCUT2D eigenvalue weighted by molar-refractivity contribution is 0.535. The van der Waals surface area contributed by atoms with Gasteiger partial charge in [0, 0.05) is 28.5 Å². The predicted molar refractivity (Wildman–Crippen MR) is 148 cm³/mol. The number of nitrogens with two attached hydrogens (primary N) is 1. The van der Waals surface area contributed by atoms with Gasteiger partial charge in [-0.2, -0.15) is 0 Å². The van der Waals surface area contributed by atoms with Crippen LogP contribution in [0, 0.1) is 28.8 Å². The maximum Gasteiger partial charge on any atom is 0.220 e. The molecule has 10 heteroatoms. The Balaban J connectivity index is 2.23. The van der Waals surface area contributed by atoms with Crippen molar-refractivity contribution in [3.8, 4) is 0 Å². The van der Waals surface area contributed by atoms with Crippen molar-refractivity contribution in [2.75, 3.05) is 10.5 Å². The number of anilines is 2. The van der Waals surface area contributed by atoms with Crippen LogP contribution in [0.1, 0.15) is 59.2 Å². The summed E-state index contributed by atoms with van der Waals surface area (Å²) in [7, 11) is -2.40. The van der Waals surface area contributed by atoms with Gasteiger partial charge in [0.15, 0.2) is 16.8 Å². The zero-order valence-corrected chi connectivity index (χ0v) is 23.1. The molecule has 2 unspecified atom stereocenters. The monoisotopic (exact) mass is 543 g/mol. The molecular formula is C28H32F3N5OS. The molecule has 2 atom stereocenters. The molecule has 0 aliphatic rings. The Morgan fingerprint density at radius 1 is 1.11 bits per heavy atom. The zero-order chi connectivity index (χ0) is 28.2. The number of nitrogen functional groups attached to an aromatic ring is 1. The highest BCUT2D eigenvalue weighted by atomic mass is 32.2. The van der Waals surface area contributed by atoms with Crippen molar-refractivity contribution in [1.29, 1.82) is 0 Å². The van der Waals surface area contributed by atoms with Crippen LogP contribution in [0.5, 0.6) is 0 Å². The molecule has 0 saturated heterocycles. The van der Waals surface area contributed by atoms with Gasteiger partial charge in [0.1, 0.15) is 16.5 Å². The van der Waals surface area contributed by atoms with E-state index < -0.39 is 33.3 Å². The quantitative estimate of drug-likeness (QED) is 0.298. The molecule has 3 N–H and O–H groups in total. The molecule has 0 aliphatic carbocycles. The molecule has 0 aliphatic heterocycles. The van der Waals surface area contributed by atoms with E-state index in [0.29, 0.717) is 17.0 Å². The Bertz CT molecular complexity index is 1400. The largest absolute Gasteiger partial charge is 0.368 e. The molecule has 6 nitrogen and oxygen atoms in total. The summed E-state index contributed by atoms with van der Waals surface area (Å²) in [5, 5.41) is 0. The second-order valence-electron chi connectivity index (χ2n) is 9.92. The molecule has 38 heavy (non-hydrogen) atoms. The normalized spacial score (nSPS) is 14.6. The van der Waals surface area contributed by atoms with Gasteiger partial charge in [-0.25, -0.2) is 27.3 Å². The lowest BCUT2D eigenvalue weighted by atomic mass is 9.81. The van der Waals surface area contributed by atoms with E-state index in [1.54, 1.807) is 19.1 Å². The highest BCUT2D eigenvalue weighted by molar-refractivity contribution is 7.86. The summed E-state index contributed by atoms with van der Waals surface area (Å²) in [5.41, 5.74) is 7.53. The Hall–Kier alpha value is -3.53. The average Bonchev–Trinajstić information content (AvgIpc) is 2.84. The standard InChI is InChI=1S/C28H32F3N5OS/c1-7-16(2)26(28(4,5)6)35-24(17(3)21-14-15-33-27(32)34-21)18-10-8-13-22(23(18)31)36-38(37)25-19(29)11-9-12-20(25)30/h8-16,36H,7H2,1-6H3,(H2,32,33,34)/b24-17+,35-26?. The number of aliphatic imine (C=N–C) groups is 1. The number of allylic oxidation sites excluding steroid dienone is 1. The second kappa shape index (κ2) is 11.9. The molecule has 202 valence electrons. The fraction of sp³-hybridized carbons (Fsp3) is 0.321. The van der Waals surface area contributed by atoms with Crippen LogP contribution < -0.4 is 10.5 Å². The van der Waals surface area contributed by atoms with Crippen LogP contribution in [-0.2, 0) is 11.0 Å². The summed E-state index contributed by atoms with van der Waals surface area (Å²) in [5.74, 6) is -2.64. The van der Waals surface area contributed by atoms with Crippen LogP contribution in [0.25, 0.3) is 11.3 Å². The van der Waals surface area contributed by atoms with Crippen molar-refractivity contribution in [3.05, 3.63) is 77.4 Å². The van der Waals surface area contributed by atoms with Crippen LogP contribution in [0.2, 0.25) is 0 Å². The maximum absolute atomic E-state index is 16.0. The minimum atomic E-state index is -2.40. The number of aromatic nitrogens is 2. The third-order valence-electron chi connectivity index (χ3n) is 6.05. The minimum absolute atomic E-state index is 0.0568. The van der Waals surface area contributed by atoms with Crippen molar-refractivity contribution in [2.24, 2.45) is 16.3 Å². The number of halogens is 3. The summed E-state index contributed by atoms with van der Waals surface area (Å²) >= 11 is 0. The first-order valence-electron chi connectivity index (χ1n) is 12.1. The lowest BCUT2D eigenvalue weighted by Crippen LogP contribution is -2.27. The molecule has 2 aromatic carbocycles. The zero-order valence-electron chi connectivity index (χ0n) is 22.3. The van der Waals surface area contributed by atoms with Gasteiger partial charge in [0.05, 0.1) is 17.1 Å². The number of benzene rings is 2. The van der Waals surface area contributed by atoms with Gasteiger partial charge in [0.25, 0.3) is 0 Å². The van der Waals surface area contributed by atoms with Gasteiger partial charge in [-0.15, -0.1) is 0 Å². The number of hydrogen-bond donors (Lipinski definition) is 2. The van der Waals surface area contributed by atoms with Gasteiger partial charge in [0.2, 0.25) is 5.95 Å². The van der Waals surface area contributed by atoms with Crippen LogP contribution in [0.3, 0.4) is 0 Å². The lowest BCUT2D eigenvalue weighted by Gasteiger charge is -2.27. The summed E-state index contributed by atoms with van der Waals surface area (Å²) in [4.78, 5) is 12.5. The maximum atomic E-state index is 16.0. The van der Waals surface area contributed by atoms with E-state index in [1.807, 2.05) is 20.8 Å². The summed E-state index contributed by atoms with van der Waals surface area (Å²) in [6.45, 7) is 12.0. The molecule has 0 spiro atoms. The molecule has 3 aromatic rings. The number of rotatable bonds is 8. The Morgan fingerprint density at radius 2 is 1.74 bits per heavy atom. The van der Waals surface area contributed by atoms with Crippen molar-refractivity contribution < 1.29 is 17.4 Å². The number of nitrogens with one attached hydrogen (secondary N) is 1. The minimum Gasteiger partial charge on any atom is -0.368 e. The summed E-state index contributed by atoms with van der Waals surface area (Å²) in [6, 6.07) is 9.21. The number of hydrogen-bond acceptors (Lipinski definition) is 5. The van der Waals surface area contributed by atoms with Crippen molar-refractivity contribution >= 4 is 39.6 Å². The smallest absolute Gasteiger partial charge is 0.220 e. The summed E-state index contributed by atoms with van der Waals surface area (Å²) in [6.07, 6.45) is 2.32. The Kier molecular flexibility index (Phi) is 9.09. The van der Waals surface area contributed by atoms with Gasteiger partial charge in [-0.05, 0) is 49.6 Å². The van der Waals surface area contributed by atoms with E-state index >= 15 is 4.39 Å². The van der Waals surface area contributed by atoms with Crippen molar-refractivity contribution in [3.63, 3.8) is 0 Å². The third-order valence-corrected chi connectivity index (χ3v) is 7.22. The molecule has 0 bridgehead atoms. The first kappa shape index (κ1) is 29.0. The average molecular weight is 544 g/mol. The molecule has 1 heterocycles. The number of nitrogens with zero attached hydrogens (tertiary/aromatic N) is 3. The first-order chi connectivity index (χ1) is 17.8. The van der Waals surface area contributed by atoms with Crippen molar-refractivity contribution in [2.45, 2.75) is 52.9 Å². The SMILES string of the molecule is CCC(C)C(=N/C(=C(\C)c1ccnc(N)n1)c1cccc(NS(=O)c2c(F)cccc2F)c1F)C(C)(C)C. The van der Waals surface area contributed by atoms with Gasteiger partial charge >= 0.3 is 0 Å². The predicted octanol–water partition coefficient (Wildman–Crippen LogP) is 7.03. The van der Waals surface area contributed by atoms with Crippen LogP contribution >= 0.6 is 0 Å². The molecule has 3 rings (SSSR count). The molecular weight excluding hydrogens is 511 g/mol. The van der Waals surface area contributed by atoms with E-state index in [1.165, 1.54) is 18.3 Å². The molecule has 1 aromatic heterocycles. The van der Waals surface area contributed by atoms with Crippen LogP contribution in [0.15, 0.2) is 58.5 Å². The topological polar surface area (TPSA) is 93.3 Å². The molecule has 0 radical (unpaired) electrons. The van der Waals surface area contributed by atoms with Crippen LogP contribution in [0.4, 0.5) is 24.8 Å². The highest BCUT2D eigenvalue weighted by Gasteiger charge is 2.26. The Labute approximate surface area is 223 Å². The van der Waals surface area contributed by atoms with E-state index in [4.69, 9.17) is 10.7 Å². The first-order valence-corrected chi connectivity index (χ1v) is 13.3. The van der Waals surface area contributed by atoms with E-state index in [0.717, 1.165) is 30.3 Å². The fourth-order valence-electron chi connectivity index (χ4n) is 3.99. The van der Waals surface area contributed by atoms with E-state index in [2.05, 4.69) is 28.5 Å². The highest BCUT2D eigenvalue weighted by Crippen LogP contribution is 2.35. The molecule has 0 saturated carbocycles. The van der Waals surface area contributed by atoms with E-state index in [9.17, 15) is 13.0 Å². The molecule has 0 fully saturated rings.